The monoisotopic (exact) mass is 477 g/mol. The Hall–Kier alpha value is -4.33. The number of aromatic hydroxyl groups is 1. The van der Waals surface area contributed by atoms with E-state index < -0.39 is 23.8 Å². The number of halogens is 1. The van der Waals surface area contributed by atoms with Gasteiger partial charge in [-0.1, -0.05) is 49.4 Å². The number of phenolic OH excluding ortho intramolecular Hbond substituents is 1. The van der Waals surface area contributed by atoms with Gasteiger partial charge in [-0.05, 0) is 66.8 Å². The molecule has 0 aliphatic rings. The van der Waals surface area contributed by atoms with E-state index in [4.69, 9.17) is 10.5 Å². The number of hydrogen-bond acceptors (Lipinski definition) is 5. The molecule has 0 bridgehead atoms. The van der Waals surface area contributed by atoms with Crippen LogP contribution in [0.25, 0.3) is 0 Å². The summed E-state index contributed by atoms with van der Waals surface area (Å²) in [7, 11) is 0. The van der Waals surface area contributed by atoms with Gasteiger partial charge in [0.1, 0.15) is 6.10 Å². The number of nitrogens with one attached hydrogen (secondary N) is 2. The minimum Gasteiger partial charge on any atom is -0.505 e. The fourth-order valence-electron chi connectivity index (χ4n) is 3.48. The second kappa shape index (κ2) is 12.2. The average Bonchev–Trinajstić information content (AvgIpc) is 2.84. The first-order valence-electron chi connectivity index (χ1n) is 11.2. The van der Waals surface area contributed by atoms with Crippen LogP contribution in [0, 0.1) is 11.7 Å². The lowest BCUT2D eigenvalue weighted by molar-refractivity contribution is -0.111. The minimum atomic E-state index is -0.802. The lowest BCUT2D eigenvalue weighted by Crippen LogP contribution is -2.22. The summed E-state index contributed by atoms with van der Waals surface area (Å²) in [5.74, 6) is -1.82. The van der Waals surface area contributed by atoms with Crippen LogP contribution in [0.1, 0.15) is 31.4 Å². The molecule has 3 aromatic carbocycles. The quantitative estimate of drug-likeness (QED) is 0.222. The van der Waals surface area contributed by atoms with Crippen LogP contribution in [0.4, 0.5) is 26.2 Å². The molecule has 0 aromatic heterocycles. The molecule has 0 heterocycles. The molecule has 5 N–H and O–H groups in total. The third-order valence-corrected chi connectivity index (χ3v) is 5.35. The second-order valence-electron chi connectivity index (χ2n) is 8.06. The smallest absolute Gasteiger partial charge is 0.412 e. The molecule has 0 aliphatic heterocycles. The third-order valence-electron chi connectivity index (χ3n) is 5.35. The number of benzene rings is 3. The number of ether oxygens (including phenoxy) is 1. The largest absolute Gasteiger partial charge is 0.505 e. The van der Waals surface area contributed by atoms with Crippen molar-refractivity contribution in [3.63, 3.8) is 0 Å². The van der Waals surface area contributed by atoms with Crippen molar-refractivity contribution >= 4 is 29.1 Å². The van der Waals surface area contributed by atoms with Gasteiger partial charge in [0.15, 0.2) is 11.6 Å². The molecule has 8 heteroatoms. The number of phenols is 1. The van der Waals surface area contributed by atoms with E-state index in [1.165, 1.54) is 18.2 Å². The third kappa shape index (κ3) is 7.60. The molecule has 0 fully saturated rings. The molecular formula is C27H28FN3O4. The average molecular weight is 478 g/mol. The summed E-state index contributed by atoms with van der Waals surface area (Å²) in [5, 5.41) is 14.9. The van der Waals surface area contributed by atoms with Gasteiger partial charge in [-0.2, -0.15) is 0 Å². The van der Waals surface area contributed by atoms with E-state index in [1.807, 2.05) is 13.0 Å². The molecule has 2 amide bonds. The van der Waals surface area contributed by atoms with E-state index in [2.05, 4.69) is 10.6 Å². The van der Waals surface area contributed by atoms with Gasteiger partial charge in [0, 0.05) is 5.69 Å². The first-order valence-corrected chi connectivity index (χ1v) is 11.2. The zero-order chi connectivity index (χ0) is 25.2. The Kier molecular flexibility index (Phi) is 8.83. The predicted molar refractivity (Wildman–Crippen MR) is 134 cm³/mol. The highest BCUT2D eigenvalue weighted by Gasteiger charge is 2.24. The van der Waals surface area contributed by atoms with Gasteiger partial charge < -0.3 is 20.9 Å². The van der Waals surface area contributed by atoms with Gasteiger partial charge in [-0.25, -0.2) is 9.18 Å². The van der Waals surface area contributed by atoms with E-state index in [0.717, 1.165) is 6.07 Å². The molecule has 7 nitrogen and oxygen atoms in total. The van der Waals surface area contributed by atoms with E-state index in [1.54, 1.807) is 54.6 Å². The topological polar surface area (TPSA) is 114 Å². The number of carbonyl (C=O) groups excluding carboxylic acids is 2. The fourth-order valence-corrected chi connectivity index (χ4v) is 3.48. The standard InChI is InChI=1S/C27H28FN3O4/c1-18(9-5-8-14-25(33)31-23-13-7-6-12-22(23)29)26(19-15-16-24(32)21(28)17-19)35-27(34)30-20-10-3-2-4-11-20/h2-4,6-8,10-18,26,32H,5,9,29H2,1H3,(H,30,34)(H,31,33)/b14-8+/t18-,26+/m1/s1. The highest BCUT2D eigenvalue weighted by Crippen LogP contribution is 2.32. The summed E-state index contributed by atoms with van der Waals surface area (Å²) in [6, 6.07) is 19.7. The van der Waals surface area contributed by atoms with Gasteiger partial charge in [0.25, 0.3) is 0 Å². The lowest BCUT2D eigenvalue weighted by atomic mass is 9.93. The molecular weight excluding hydrogens is 449 g/mol. The molecule has 0 spiro atoms. The summed E-state index contributed by atoms with van der Waals surface area (Å²) in [5.41, 5.74) is 7.81. The van der Waals surface area contributed by atoms with Crippen molar-refractivity contribution in [2.45, 2.75) is 25.9 Å². The van der Waals surface area contributed by atoms with Gasteiger partial charge in [0.05, 0.1) is 11.4 Å². The molecule has 2 atom stereocenters. The number of allylic oxidation sites excluding steroid dienone is 1. The molecule has 0 unspecified atom stereocenters. The van der Waals surface area contributed by atoms with Crippen LogP contribution in [-0.4, -0.2) is 17.1 Å². The molecule has 3 rings (SSSR count). The number of nitrogens with two attached hydrogens (primary N) is 1. The van der Waals surface area contributed by atoms with Crippen molar-refractivity contribution in [1.82, 2.24) is 0 Å². The van der Waals surface area contributed by atoms with Crippen molar-refractivity contribution in [2.24, 2.45) is 5.92 Å². The van der Waals surface area contributed by atoms with Crippen molar-refractivity contribution < 1.29 is 23.8 Å². The molecule has 35 heavy (non-hydrogen) atoms. The van der Waals surface area contributed by atoms with Gasteiger partial charge in [-0.15, -0.1) is 0 Å². The Labute approximate surface area is 203 Å². The van der Waals surface area contributed by atoms with Crippen LogP contribution in [-0.2, 0) is 9.53 Å². The van der Waals surface area contributed by atoms with E-state index >= 15 is 0 Å². The fraction of sp³-hybridized carbons (Fsp3) is 0.185. The zero-order valence-corrected chi connectivity index (χ0v) is 19.3. The van der Waals surface area contributed by atoms with Crippen molar-refractivity contribution in [3.8, 4) is 5.75 Å². The van der Waals surface area contributed by atoms with Crippen LogP contribution in [0.15, 0.2) is 84.9 Å². The van der Waals surface area contributed by atoms with E-state index in [0.29, 0.717) is 35.5 Å². The molecule has 0 saturated heterocycles. The number of carbonyl (C=O) groups is 2. The number of anilines is 3. The van der Waals surface area contributed by atoms with Crippen LogP contribution in [0.3, 0.4) is 0 Å². The summed E-state index contributed by atoms with van der Waals surface area (Å²) < 4.78 is 19.7. The maximum atomic E-state index is 14.0. The maximum Gasteiger partial charge on any atom is 0.412 e. The summed E-state index contributed by atoms with van der Waals surface area (Å²) in [4.78, 5) is 24.7. The lowest BCUT2D eigenvalue weighted by Gasteiger charge is -2.24. The Morgan fingerprint density at radius 2 is 1.77 bits per heavy atom. The second-order valence-corrected chi connectivity index (χ2v) is 8.06. The number of rotatable bonds is 9. The Morgan fingerprint density at radius 3 is 2.49 bits per heavy atom. The highest BCUT2D eigenvalue weighted by atomic mass is 19.1. The van der Waals surface area contributed by atoms with Crippen molar-refractivity contribution in [3.05, 3.63) is 96.3 Å². The van der Waals surface area contributed by atoms with Crippen LogP contribution in [0.2, 0.25) is 0 Å². The van der Waals surface area contributed by atoms with Crippen LogP contribution < -0.4 is 16.4 Å². The van der Waals surface area contributed by atoms with Crippen LogP contribution in [0.5, 0.6) is 5.75 Å². The van der Waals surface area contributed by atoms with Gasteiger partial charge in [-0.3, -0.25) is 10.1 Å². The Bertz CT molecular complexity index is 1180. The Morgan fingerprint density at radius 1 is 1.06 bits per heavy atom. The number of hydrogen-bond donors (Lipinski definition) is 4. The summed E-state index contributed by atoms with van der Waals surface area (Å²) >= 11 is 0. The SMILES string of the molecule is C[C@H](CC/C=C/C(=O)Nc1ccccc1N)[C@H](OC(=O)Nc1ccccc1)c1ccc(O)c(F)c1. The Balaban J connectivity index is 1.63. The summed E-state index contributed by atoms with van der Waals surface area (Å²) in [6.07, 6.45) is 2.72. The molecule has 0 radical (unpaired) electrons. The first kappa shape index (κ1) is 25.3. The maximum absolute atomic E-state index is 14.0. The number of para-hydroxylation sites is 3. The van der Waals surface area contributed by atoms with Crippen molar-refractivity contribution in [2.75, 3.05) is 16.4 Å². The predicted octanol–water partition coefficient (Wildman–Crippen LogP) is 6.01. The number of nitrogen functional groups attached to an aromatic ring is 1. The number of amides is 2. The van der Waals surface area contributed by atoms with Gasteiger partial charge >= 0.3 is 6.09 Å². The molecule has 0 aliphatic carbocycles. The molecule has 0 saturated carbocycles. The molecule has 182 valence electrons. The molecule has 3 aromatic rings. The van der Waals surface area contributed by atoms with Gasteiger partial charge in [0.2, 0.25) is 5.91 Å². The zero-order valence-electron chi connectivity index (χ0n) is 19.3. The van der Waals surface area contributed by atoms with Crippen LogP contribution >= 0.6 is 0 Å². The van der Waals surface area contributed by atoms with Crippen molar-refractivity contribution in [1.29, 1.82) is 0 Å². The summed E-state index contributed by atoms with van der Waals surface area (Å²) in [6.45, 7) is 1.86. The van der Waals surface area contributed by atoms with E-state index in [9.17, 15) is 19.1 Å². The highest BCUT2D eigenvalue weighted by molar-refractivity contribution is 6.01. The van der Waals surface area contributed by atoms with E-state index in [-0.39, 0.29) is 11.8 Å². The normalized spacial score (nSPS) is 12.6. The minimum absolute atomic E-state index is 0.224. The first-order chi connectivity index (χ1) is 16.8.